The molecule has 0 bridgehead atoms. The molecule has 1 aliphatic heterocycles. The third-order valence-corrected chi connectivity index (χ3v) is 5.42. The van der Waals surface area contributed by atoms with Gasteiger partial charge in [-0.1, -0.05) is 48.0 Å². The number of hydrogen-bond donors (Lipinski definition) is 2. The second-order valence-corrected chi connectivity index (χ2v) is 7.74. The molecule has 0 unspecified atom stereocenters. The first-order chi connectivity index (χ1) is 14.7. The maximum absolute atomic E-state index is 12.2. The van der Waals surface area contributed by atoms with E-state index in [4.69, 9.17) is 0 Å². The van der Waals surface area contributed by atoms with Gasteiger partial charge in [0.2, 0.25) is 0 Å². The zero-order valence-electron chi connectivity index (χ0n) is 17.3. The number of nitrogens with one attached hydrogen (secondary N) is 2. The highest BCUT2D eigenvalue weighted by Crippen LogP contribution is 2.18. The lowest BCUT2D eigenvalue weighted by molar-refractivity contribution is 0.250. The van der Waals surface area contributed by atoms with E-state index in [-0.39, 0.29) is 6.03 Å². The van der Waals surface area contributed by atoms with Crippen LogP contribution in [0.4, 0.5) is 21.9 Å². The predicted molar refractivity (Wildman–Crippen MR) is 124 cm³/mol. The molecular weight excluding hydrogens is 372 g/mol. The molecule has 5 nitrogen and oxygen atoms in total. The molecule has 30 heavy (non-hydrogen) atoms. The smallest absolute Gasteiger partial charge is 0.323 e. The van der Waals surface area contributed by atoms with Crippen molar-refractivity contribution < 1.29 is 4.79 Å². The molecule has 0 radical (unpaired) electrons. The van der Waals surface area contributed by atoms with Gasteiger partial charge in [-0.15, -0.1) is 0 Å². The van der Waals surface area contributed by atoms with Crippen molar-refractivity contribution in [2.24, 2.45) is 0 Å². The molecule has 0 spiro atoms. The van der Waals surface area contributed by atoms with E-state index >= 15 is 0 Å². The molecule has 5 heteroatoms. The standard InChI is InChI=1S/C25H28N4O/c1-20-7-11-22(12-8-20)26-25(30)27-23-13-9-21(10-14-23)19-28-15-17-29(18-16-28)24-5-3-2-4-6-24/h2-14H,15-19H2,1H3,(H2,26,27,30). The third-order valence-electron chi connectivity index (χ3n) is 5.42. The minimum atomic E-state index is -0.233. The number of carbonyl (C=O) groups is 1. The fraction of sp³-hybridized carbons (Fsp3) is 0.240. The molecule has 1 heterocycles. The van der Waals surface area contributed by atoms with Crippen LogP contribution in [0.2, 0.25) is 0 Å². The Morgan fingerprint density at radius 2 is 1.33 bits per heavy atom. The van der Waals surface area contributed by atoms with E-state index in [1.165, 1.54) is 11.3 Å². The normalized spacial score (nSPS) is 14.4. The SMILES string of the molecule is Cc1ccc(NC(=O)Nc2ccc(CN3CCN(c4ccccc4)CC3)cc2)cc1. The fourth-order valence-corrected chi connectivity index (χ4v) is 3.69. The molecule has 1 saturated heterocycles. The number of carbonyl (C=O) groups excluding carboxylic acids is 1. The molecule has 0 atom stereocenters. The topological polar surface area (TPSA) is 47.6 Å². The minimum absolute atomic E-state index is 0.233. The van der Waals surface area contributed by atoms with Crippen LogP contribution >= 0.6 is 0 Å². The number of rotatable bonds is 5. The van der Waals surface area contributed by atoms with E-state index < -0.39 is 0 Å². The van der Waals surface area contributed by atoms with Crippen molar-refractivity contribution in [3.05, 3.63) is 90.0 Å². The van der Waals surface area contributed by atoms with E-state index in [1.807, 2.05) is 43.3 Å². The average Bonchev–Trinajstić information content (AvgIpc) is 2.78. The Balaban J connectivity index is 1.25. The van der Waals surface area contributed by atoms with Crippen molar-refractivity contribution in [2.45, 2.75) is 13.5 Å². The van der Waals surface area contributed by atoms with Crippen LogP contribution in [0, 0.1) is 6.92 Å². The van der Waals surface area contributed by atoms with Crippen LogP contribution in [0.3, 0.4) is 0 Å². The lowest BCUT2D eigenvalue weighted by atomic mass is 10.1. The molecule has 0 aromatic heterocycles. The number of para-hydroxylation sites is 1. The van der Waals surface area contributed by atoms with Crippen molar-refractivity contribution in [2.75, 3.05) is 41.7 Å². The summed E-state index contributed by atoms with van der Waals surface area (Å²) in [6, 6.07) is 26.2. The highest BCUT2D eigenvalue weighted by atomic mass is 16.2. The first-order valence-corrected chi connectivity index (χ1v) is 10.4. The van der Waals surface area contributed by atoms with Gasteiger partial charge < -0.3 is 15.5 Å². The van der Waals surface area contributed by atoms with E-state index in [1.54, 1.807) is 0 Å². The summed E-state index contributed by atoms with van der Waals surface area (Å²) < 4.78 is 0. The Labute approximate surface area is 178 Å². The summed E-state index contributed by atoms with van der Waals surface area (Å²) in [5.41, 5.74) is 5.30. The van der Waals surface area contributed by atoms with Gasteiger partial charge in [0, 0.05) is 49.8 Å². The second kappa shape index (κ2) is 9.46. The van der Waals surface area contributed by atoms with Crippen molar-refractivity contribution in [1.29, 1.82) is 0 Å². The Bertz CT molecular complexity index is 947. The zero-order chi connectivity index (χ0) is 20.8. The van der Waals surface area contributed by atoms with Crippen molar-refractivity contribution in [1.82, 2.24) is 4.90 Å². The molecule has 3 aromatic carbocycles. The van der Waals surface area contributed by atoms with Gasteiger partial charge >= 0.3 is 6.03 Å². The second-order valence-electron chi connectivity index (χ2n) is 7.74. The minimum Gasteiger partial charge on any atom is -0.369 e. The molecule has 154 valence electrons. The summed E-state index contributed by atoms with van der Waals surface area (Å²) in [7, 11) is 0. The third kappa shape index (κ3) is 5.39. The summed E-state index contributed by atoms with van der Waals surface area (Å²) in [4.78, 5) is 17.1. The Morgan fingerprint density at radius 3 is 1.93 bits per heavy atom. The lowest BCUT2D eigenvalue weighted by Gasteiger charge is -2.36. The van der Waals surface area contributed by atoms with Gasteiger partial charge in [0.15, 0.2) is 0 Å². The van der Waals surface area contributed by atoms with Crippen LogP contribution in [0.15, 0.2) is 78.9 Å². The summed E-state index contributed by atoms with van der Waals surface area (Å²) in [6.45, 7) is 7.14. The molecule has 1 fully saturated rings. The number of piperazine rings is 1. The van der Waals surface area contributed by atoms with Crippen LogP contribution in [0.1, 0.15) is 11.1 Å². The number of hydrogen-bond acceptors (Lipinski definition) is 3. The summed E-state index contributed by atoms with van der Waals surface area (Å²) in [5.74, 6) is 0. The summed E-state index contributed by atoms with van der Waals surface area (Å²) in [6.07, 6.45) is 0. The van der Waals surface area contributed by atoms with Gasteiger partial charge in [-0.3, -0.25) is 4.90 Å². The molecular formula is C25H28N4O. The molecule has 2 N–H and O–H groups in total. The monoisotopic (exact) mass is 400 g/mol. The maximum atomic E-state index is 12.2. The number of anilines is 3. The van der Waals surface area contributed by atoms with Gasteiger partial charge in [0.05, 0.1) is 0 Å². The number of urea groups is 1. The average molecular weight is 401 g/mol. The van der Waals surface area contributed by atoms with Gasteiger partial charge in [-0.2, -0.15) is 0 Å². The van der Waals surface area contributed by atoms with Crippen molar-refractivity contribution in [3.8, 4) is 0 Å². The van der Waals surface area contributed by atoms with Crippen LogP contribution < -0.4 is 15.5 Å². The largest absolute Gasteiger partial charge is 0.369 e. The van der Waals surface area contributed by atoms with Gasteiger partial charge in [0.1, 0.15) is 0 Å². The van der Waals surface area contributed by atoms with Crippen LogP contribution in [0.25, 0.3) is 0 Å². The van der Waals surface area contributed by atoms with Gasteiger partial charge in [0.25, 0.3) is 0 Å². The van der Waals surface area contributed by atoms with Crippen LogP contribution in [0.5, 0.6) is 0 Å². The van der Waals surface area contributed by atoms with Crippen LogP contribution in [-0.2, 0) is 6.54 Å². The summed E-state index contributed by atoms with van der Waals surface area (Å²) >= 11 is 0. The quantitative estimate of drug-likeness (QED) is 0.636. The van der Waals surface area contributed by atoms with E-state index in [0.29, 0.717) is 0 Å². The number of aryl methyl sites for hydroxylation is 1. The number of nitrogens with zero attached hydrogens (tertiary/aromatic N) is 2. The first kappa shape index (κ1) is 20.0. The molecule has 1 aliphatic rings. The van der Waals surface area contributed by atoms with Crippen molar-refractivity contribution >= 4 is 23.1 Å². The zero-order valence-corrected chi connectivity index (χ0v) is 17.3. The van der Waals surface area contributed by atoms with Crippen LogP contribution in [-0.4, -0.2) is 37.1 Å². The molecule has 3 aromatic rings. The molecule has 0 aliphatic carbocycles. The Morgan fingerprint density at radius 1 is 0.767 bits per heavy atom. The Kier molecular flexibility index (Phi) is 6.30. The number of amides is 2. The highest BCUT2D eigenvalue weighted by molar-refractivity contribution is 5.99. The lowest BCUT2D eigenvalue weighted by Crippen LogP contribution is -2.45. The molecule has 2 amide bonds. The predicted octanol–water partition coefficient (Wildman–Crippen LogP) is 4.96. The van der Waals surface area contributed by atoms with Gasteiger partial charge in [-0.25, -0.2) is 4.79 Å². The fourth-order valence-electron chi connectivity index (χ4n) is 3.69. The summed E-state index contributed by atoms with van der Waals surface area (Å²) in [5, 5.41) is 5.74. The van der Waals surface area contributed by atoms with Gasteiger partial charge in [-0.05, 0) is 48.9 Å². The maximum Gasteiger partial charge on any atom is 0.323 e. The van der Waals surface area contributed by atoms with Crippen molar-refractivity contribution in [3.63, 3.8) is 0 Å². The molecule has 0 saturated carbocycles. The van der Waals surface area contributed by atoms with E-state index in [2.05, 4.69) is 62.9 Å². The Hall–Kier alpha value is -3.31. The highest BCUT2D eigenvalue weighted by Gasteiger charge is 2.17. The number of benzene rings is 3. The first-order valence-electron chi connectivity index (χ1n) is 10.4. The van der Waals surface area contributed by atoms with E-state index in [0.717, 1.165) is 49.7 Å². The van der Waals surface area contributed by atoms with E-state index in [9.17, 15) is 4.79 Å². The molecule has 4 rings (SSSR count).